The summed E-state index contributed by atoms with van der Waals surface area (Å²) >= 11 is -2.40. The molecule has 347 valence electrons. The minimum absolute atomic E-state index is 0. The third-order valence-electron chi connectivity index (χ3n) is 12.6. The molecule has 12 aromatic rings. The molecule has 0 saturated carbocycles. The molecule has 0 fully saturated rings. The molecule has 0 aliphatic rings. The maximum Gasteiger partial charge on any atom is 0 e. The number of benzene rings is 7. The molecule has 5 heterocycles. The van der Waals surface area contributed by atoms with Gasteiger partial charge in [-0.2, -0.15) is 0 Å². The van der Waals surface area contributed by atoms with E-state index in [0.29, 0.717) is 66.6 Å². The Morgan fingerprint density at radius 1 is 0.643 bits per heavy atom. The van der Waals surface area contributed by atoms with Gasteiger partial charge >= 0.3 is 154 Å². The molecule has 12 rings (SSSR count). The van der Waals surface area contributed by atoms with Crippen LogP contribution in [0.5, 0.6) is 0 Å². The van der Waals surface area contributed by atoms with Gasteiger partial charge in [0.2, 0.25) is 0 Å². The predicted molar refractivity (Wildman–Crippen MR) is 279 cm³/mol. The van der Waals surface area contributed by atoms with E-state index >= 15 is 8.78 Å². The first kappa shape index (κ1) is 39.8. The number of furan rings is 2. The summed E-state index contributed by atoms with van der Waals surface area (Å²) < 4.78 is 96.3. The fraction of sp³-hybridized carbons (Fsp3) is 0.117. The van der Waals surface area contributed by atoms with E-state index < -0.39 is 38.6 Å². The normalized spacial score (nSPS) is 13.3. The number of para-hydroxylation sites is 2. The summed E-state index contributed by atoms with van der Waals surface area (Å²) in [6.07, 6.45) is 1.74. The van der Waals surface area contributed by atoms with Gasteiger partial charge in [-0.15, -0.1) is 17.7 Å². The number of fused-ring (bicyclic) bond motifs is 7. The maximum atomic E-state index is 16.1. The van der Waals surface area contributed by atoms with Gasteiger partial charge in [0, 0.05) is 29.6 Å². The third-order valence-corrected chi connectivity index (χ3v) is 16.8. The fourth-order valence-electron chi connectivity index (χ4n) is 9.21. The molecule has 0 aliphatic carbocycles. The van der Waals surface area contributed by atoms with Gasteiger partial charge in [-0.1, -0.05) is 103 Å². The molecule has 0 bridgehead atoms. The number of rotatable bonds is 6. The number of halogens is 2. The molecule has 0 aliphatic heterocycles. The Hall–Kier alpha value is -7.04. The average Bonchev–Trinajstić information content (AvgIpc) is 4.25. The van der Waals surface area contributed by atoms with Crippen molar-refractivity contribution in [3.05, 3.63) is 198 Å². The summed E-state index contributed by atoms with van der Waals surface area (Å²) in [6, 6.07) is 49.4. The zero-order chi connectivity index (χ0) is 52.7. The van der Waals surface area contributed by atoms with Crippen molar-refractivity contribution in [2.45, 2.75) is 44.8 Å². The van der Waals surface area contributed by atoms with Crippen LogP contribution in [-0.2, 0) is 20.1 Å². The Bertz CT molecular complexity index is 4180. The van der Waals surface area contributed by atoms with Gasteiger partial charge in [-0.3, -0.25) is 4.98 Å². The fourth-order valence-corrected chi connectivity index (χ4v) is 12.0. The first-order chi connectivity index (χ1) is 35.8. The maximum absolute atomic E-state index is 16.1. The second-order valence-electron chi connectivity index (χ2n) is 18.1. The van der Waals surface area contributed by atoms with Crippen molar-refractivity contribution < 1.29 is 45.9 Å². The Morgan fingerprint density at radius 2 is 1.34 bits per heavy atom. The number of hydrogen-bond donors (Lipinski definition) is 0. The van der Waals surface area contributed by atoms with E-state index in [1.807, 2.05) is 98.8 Å². The van der Waals surface area contributed by atoms with Gasteiger partial charge in [0.1, 0.15) is 22.9 Å². The van der Waals surface area contributed by atoms with Crippen LogP contribution in [0.4, 0.5) is 8.78 Å². The van der Waals surface area contributed by atoms with Crippen LogP contribution in [0.1, 0.15) is 30.6 Å². The summed E-state index contributed by atoms with van der Waals surface area (Å²) in [4.78, 5) is 13.9. The molecular formula is C60H46F2GeIrN4O2-2. The van der Waals surface area contributed by atoms with Crippen LogP contribution in [0.2, 0.25) is 17.3 Å². The molecule has 6 nitrogen and oxygen atoms in total. The number of aromatic nitrogens is 4. The van der Waals surface area contributed by atoms with Crippen molar-refractivity contribution in [2.24, 2.45) is 0 Å². The van der Waals surface area contributed by atoms with Crippen molar-refractivity contribution in [1.82, 2.24) is 19.5 Å². The number of pyridine rings is 2. The topological polar surface area (TPSA) is 69.9 Å². The summed E-state index contributed by atoms with van der Waals surface area (Å²) in [6.45, 7) is -0.826. The van der Waals surface area contributed by atoms with Crippen molar-refractivity contribution in [3.63, 3.8) is 0 Å². The molecular weight excluding hydrogens is 1110 g/mol. The molecule has 7 aromatic carbocycles. The number of nitrogens with zero attached hydrogens (tertiary/aromatic N) is 4. The Morgan fingerprint density at radius 3 is 2.07 bits per heavy atom. The molecule has 5 aromatic heterocycles. The van der Waals surface area contributed by atoms with Crippen molar-refractivity contribution >= 4 is 72.7 Å². The zero-order valence-corrected chi connectivity index (χ0v) is 43.1. The predicted octanol–water partition coefficient (Wildman–Crippen LogP) is 15.6. The molecule has 0 amide bonds. The van der Waals surface area contributed by atoms with E-state index in [2.05, 4.69) is 39.4 Å². The second-order valence-corrected chi connectivity index (χ2v) is 28.7. The van der Waals surface area contributed by atoms with Crippen molar-refractivity contribution in [2.75, 3.05) is 0 Å². The molecule has 70 heavy (non-hydrogen) atoms. The van der Waals surface area contributed by atoms with E-state index in [1.165, 1.54) is 22.8 Å². The van der Waals surface area contributed by atoms with E-state index in [-0.39, 0.29) is 48.3 Å². The average molecular weight is 1160 g/mol. The Kier molecular flexibility index (Phi) is 10.4. The number of hydrogen-bond acceptors (Lipinski definition) is 5. The summed E-state index contributed by atoms with van der Waals surface area (Å²) in [7, 11) is 0. The first-order valence-corrected chi connectivity index (χ1v) is 29.8. The molecule has 0 unspecified atom stereocenters. The van der Waals surface area contributed by atoms with Crippen LogP contribution in [-0.4, -0.2) is 32.8 Å². The summed E-state index contributed by atoms with van der Waals surface area (Å²) in [5.74, 6) is 5.12. The van der Waals surface area contributed by atoms with E-state index in [4.69, 9.17) is 22.0 Å². The minimum Gasteiger partial charge on any atom is 0 e. The first-order valence-electron chi connectivity index (χ1n) is 25.5. The quantitative estimate of drug-likeness (QED) is 0.123. The standard InChI is InChI=1S/C39H25F2N2O.C21H21GeN2O.Ir/c1-23-17-18-30(38-35(23)29-20-19-28(24(2)37(29)44-38)26-13-7-4-8-14-26)39-42-33-15-9-10-16-34(33)43(39)36-31(40)21-27(22-32(36)41)25-11-5-3-6-12-25;1-13-11-19(23-12-18(13)22(3,4)5)17-8-6-7-15-16-10-9-14(2)24-21(16)25-20(15)17;/h3-17,19-22H,1-2H3;6-7,9-12H,1-5H3;/q2*-1;/i2*1D3;. The van der Waals surface area contributed by atoms with Gasteiger partial charge in [-0.25, -0.2) is 8.78 Å². The van der Waals surface area contributed by atoms with Crippen LogP contribution >= 0.6 is 0 Å². The third kappa shape index (κ3) is 8.15. The largest absolute Gasteiger partial charge is 0 e. The molecule has 1 radical (unpaired) electrons. The van der Waals surface area contributed by atoms with Gasteiger partial charge < -0.3 is 8.98 Å². The van der Waals surface area contributed by atoms with Gasteiger partial charge in [0.15, 0.2) is 0 Å². The van der Waals surface area contributed by atoms with Gasteiger partial charge in [0.05, 0.1) is 22.4 Å². The van der Waals surface area contributed by atoms with Gasteiger partial charge in [0.25, 0.3) is 0 Å². The Balaban J connectivity index is 0.000000194. The molecule has 0 N–H and O–H groups in total. The zero-order valence-electron chi connectivity index (χ0n) is 44.6. The summed E-state index contributed by atoms with van der Waals surface area (Å²) in [5.41, 5.74) is 9.23. The summed E-state index contributed by atoms with van der Waals surface area (Å²) in [5, 5.41) is 2.85. The van der Waals surface area contributed by atoms with Crippen LogP contribution in [0.3, 0.4) is 0 Å². The molecule has 10 heteroatoms. The molecule has 0 saturated heterocycles. The monoisotopic (exact) mass is 1170 g/mol. The van der Waals surface area contributed by atoms with Crippen LogP contribution in [0.25, 0.3) is 106 Å². The van der Waals surface area contributed by atoms with Gasteiger partial charge in [-0.05, 0) is 59.0 Å². The number of imidazole rings is 1. The Labute approximate surface area is 429 Å². The van der Waals surface area contributed by atoms with Crippen LogP contribution in [0.15, 0.2) is 161 Å². The SMILES string of the molecule is [2H]C([2H])([2H])c1c[c-]c(-c2nc3ccccc3n2-c2c(F)cc(-c3ccccc3)cc2F)c2oc3c(C)c(-c4ccccc4)ccc3c12.[2H]C([2H])([2H])c1cc(-c2[c-]ccc3c2oc2nc(C)ccc23)nc[c]1[Ge]([CH3])([CH3])[CH3].[Ir]. The van der Waals surface area contributed by atoms with Crippen molar-refractivity contribution in [3.8, 4) is 50.6 Å². The number of aryl methyl sites for hydroxylation is 4. The van der Waals surface area contributed by atoms with Crippen molar-refractivity contribution in [1.29, 1.82) is 0 Å². The van der Waals surface area contributed by atoms with Crippen LogP contribution < -0.4 is 4.40 Å². The van der Waals surface area contributed by atoms with E-state index in [1.54, 1.807) is 48.7 Å². The molecule has 0 spiro atoms. The van der Waals surface area contributed by atoms with Crippen LogP contribution in [0, 0.1) is 51.3 Å². The smallest absolute Gasteiger partial charge is 0 e. The minimum atomic E-state index is -2.48. The van der Waals surface area contributed by atoms with E-state index in [9.17, 15) is 0 Å². The molecule has 0 atom stereocenters. The second kappa shape index (κ2) is 18.4. The van der Waals surface area contributed by atoms with E-state index in [0.717, 1.165) is 37.6 Å².